The first kappa shape index (κ1) is 19.9. The van der Waals surface area contributed by atoms with E-state index in [4.69, 9.17) is 14.2 Å². The molecule has 1 aromatic heterocycles. The van der Waals surface area contributed by atoms with E-state index in [1.54, 1.807) is 50.6 Å². The van der Waals surface area contributed by atoms with Gasteiger partial charge in [0.15, 0.2) is 23.0 Å². The maximum Gasteiger partial charge on any atom is 0.276 e. The summed E-state index contributed by atoms with van der Waals surface area (Å²) < 4.78 is 16.0. The van der Waals surface area contributed by atoms with Gasteiger partial charge in [0.05, 0.1) is 26.5 Å². The Bertz CT molecular complexity index is 977. The van der Waals surface area contributed by atoms with Crippen molar-refractivity contribution in [3.05, 3.63) is 60.3 Å². The second-order valence-electron chi connectivity index (χ2n) is 5.88. The minimum atomic E-state index is -0.373. The van der Waals surface area contributed by atoms with Crippen molar-refractivity contribution in [3.8, 4) is 17.2 Å². The summed E-state index contributed by atoms with van der Waals surface area (Å²) in [6.07, 6.45) is 0. The van der Waals surface area contributed by atoms with Gasteiger partial charge in [-0.15, -0.1) is 10.2 Å². The predicted molar refractivity (Wildman–Crippen MR) is 110 cm³/mol. The molecule has 0 aliphatic carbocycles. The summed E-state index contributed by atoms with van der Waals surface area (Å²) in [5.41, 5.74) is 1.52. The van der Waals surface area contributed by atoms with Crippen LogP contribution in [0.25, 0.3) is 0 Å². The molecule has 2 N–H and O–H groups in total. The quantitative estimate of drug-likeness (QED) is 0.598. The topological polar surface area (TPSA) is 94.6 Å². The number of methoxy groups -OCH3 is 2. The molecule has 0 spiro atoms. The third kappa shape index (κ3) is 4.92. The van der Waals surface area contributed by atoms with Gasteiger partial charge in [-0.05, 0) is 43.3 Å². The van der Waals surface area contributed by atoms with Crippen LogP contribution >= 0.6 is 0 Å². The number of benzene rings is 2. The van der Waals surface area contributed by atoms with Gasteiger partial charge in [0, 0.05) is 11.8 Å². The summed E-state index contributed by atoms with van der Waals surface area (Å²) in [5.74, 6) is 1.94. The van der Waals surface area contributed by atoms with Crippen LogP contribution < -0.4 is 24.8 Å². The van der Waals surface area contributed by atoms with Gasteiger partial charge >= 0.3 is 0 Å². The van der Waals surface area contributed by atoms with Gasteiger partial charge in [0.2, 0.25) is 0 Å². The van der Waals surface area contributed by atoms with E-state index in [2.05, 4.69) is 20.8 Å². The second-order valence-corrected chi connectivity index (χ2v) is 5.88. The number of nitrogens with zero attached hydrogens (tertiary/aromatic N) is 2. The summed E-state index contributed by atoms with van der Waals surface area (Å²) in [6, 6.07) is 15.9. The van der Waals surface area contributed by atoms with Crippen LogP contribution in [0.5, 0.6) is 17.2 Å². The first-order valence-corrected chi connectivity index (χ1v) is 9.00. The molecule has 0 atom stereocenters. The fourth-order valence-electron chi connectivity index (χ4n) is 2.62. The Labute approximate surface area is 168 Å². The van der Waals surface area contributed by atoms with E-state index < -0.39 is 0 Å². The summed E-state index contributed by atoms with van der Waals surface area (Å²) in [4.78, 5) is 12.5. The number of amides is 1. The van der Waals surface area contributed by atoms with Crippen LogP contribution in [-0.4, -0.2) is 36.9 Å². The lowest BCUT2D eigenvalue weighted by atomic mass is 10.2. The minimum absolute atomic E-state index is 0.189. The van der Waals surface area contributed by atoms with Crippen molar-refractivity contribution in [2.24, 2.45) is 0 Å². The van der Waals surface area contributed by atoms with Crippen LogP contribution in [0.1, 0.15) is 17.4 Å². The molecule has 0 saturated heterocycles. The molecule has 0 radical (unpaired) electrons. The van der Waals surface area contributed by atoms with Gasteiger partial charge in [0.25, 0.3) is 5.91 Å². The Morgan fingerprint density at radius 3 is 2.41 bits per heavy atom. The number of para-hydroxylation sites is 2. The normalized spacial score (nSPS) is 10.2. The third-order valence-corrected chi connectivity index (χ3v) is 3.99. The number of rotatable bonds is 8. The molecule has 0 fully saturated rings. The molecule has 3 rings (SSSR count). The first-order chi connectivity index (χ1) is 14.1. The van der Waals surface area contributed by atoms with Gasteiger partial charge in [-0.25, -0.2) is 0 Å². The molecule has 3 aromatic rings. The SMILES string of the molecule is CCOc1ccccc1NC(=O)c1ccc(Nc2ccc(OC)c(OC)c2)nn1. The van der Waals surface area contributed by atoms with Crippen molar-refractivity contribution < 1.29 is 19.0 Å². The molecule has 0 aliphatic heterocycles. The van der Waals surface area contributed by atoms with E-state index in [9.17, 15) is 4.79 Å². The maximum absolute atomic E-state index is 12.5. The highest BCUT2D eigenvalue weighted by Crippen LogP contribution is 2.30. The zero-order valence-corrected chi connectivity index (χ0v) is 16.4. The molecule has 0 bridgehead atoms. The van der Waals surface area contributed by atoms with E-state index in [0.29, 0.717) is 35.4 Å². The van der Waals surface area contributed by atoms with Crippen molar-refractivity contribution >= 4 is 23.1 Å². The average Bonchev–Trinajstić information content (AvgIpc) is 2.75. The van der Waals surface area contributed by atoms with Gasteiger partial charge in [-0.1, -0.05) is 12.1 Å². The second kappa shape index (κ2) is 9.41. The molecule has 29 heavy (non-hydrogen) atoms. The molecule has 0 aliphatic rings. The Morgan fingerprint density at radius 1 is 0.931 bits per heavy atom. The van der Waals surface area contributed by atoms with Crippen molar-refractivity contribution in [3.63, 3.8) is 0 Å². The molecular weight excluding hydrogens is 372 g/mol. The highest BCUT2D eigenvalue weighted by Gasteiger charge is 2.12. The number of nitrogens with one attached hydrogen (secondary N) is 2. The van der Waals surface area contributed by atoms with Crippen molar-refractivity contribution in [2.45, 2.75) is 6.92 Å². The van der Waals surface area contributed by atoms with E-state index in [1.807, 2.05) is 25.1 Å². The number of hydrogen-bond acceptors (Lipinski definition) is 7. The molecule has 150 valence electrons. The fraction of sp³-hybridized carbons (Fsp3) is 0.190. The summed E-state index contributed by atoms with van der Waals surface area (Å²) >= 11 is 0. The Morgan fingerprint density at radius 2 is 1.72 bits per heavy atom. The van der Waals surface area contributed by atoms with Crippen LogP contribution in [0.15, 0.2) is 54.6 Å². The summed E-state index contributed by atoms with van der Waals surface area (Å²) in [5, 5.41) is 14.0. The van der Waals surface area contributed by atoms with Crippen LogP contribution in [0, 0.1) is 0 Å². The lowest BCUT2D eigenvalue weighted by molar-refractivity contribution is 0.102. The van der Waals surface area contributed by atoms with E-state index in [-0.39, 0.29) is 11.6 Å². The number of anilines is 3. The zero-order chi connectivity index (χ0) is 20.6. The first-order valence-electron chi connectivity index (χ1n) is 9.00. The Kier molecular flexibility index (Phi) is 6.47. The molecule has 0 saturated carbocycles. The van der Waals surface area contributed by atoms with Gasteiger partial charge in [0.1, 0.15) is 5.75 Å². The molecule has 0 unspecified atom stereocenters. The maximum atomic E-state index is 12.5. The number of carbonyl (C=O) groups excluding carboxylic acids is 1. The van der Waals surface area contributed by atoms with E-state index >= 15 is 0 Å². The van der Waals surface area contributed by atoms with Crippen LogP contribution in [-0.2, 0) is 0 Å². The molecule has 1 heterocycles. The molecular formula is C21H22N4O4. The highest BCUT2D eigenvalue weighted by molar-refractivity contribution is 6.03. The van der Waals surface area contributed by atoms with Crippen LogP contribution in [0.3, 0.4) is 0 Å². The molecule has 1 amide bonds. The van der Waals surface area contributed by atoms with Crippen molar-refractivity contribution in [1.82, 2.24) is 10.2 Å². The Balaban J connectivity index is 1.69. The predicted octanol–water partition coefficient (Wildman–Crippen LogP) is 3.89. The van der Waals surface area contributed by atoms with Crippen LogP contribution in [0.2, 0.25) is 0 Å². The van der Waals surface area contributed by atoms with E-state index in [0.717, 1.165) is 5.69 Å². The fourth-order valence-corrected chi connectivity index (χ4v) is 2.62. The van der Waals surface area contributed by atoms with Crippen LogP contribution in [0.4, 0.5) is 17.2 Å². The molecule has 8 nitrogen and oxygen atoms in total. The van der Waals surface area contributed by atoms with Crippen molar-refractivity contribution in [1.29, 1.82) is 0 Å². The number of aromatic nitrogens is 2. The lowest BCUT2D eigenvalue weighted by Crippen LogP contribution is -2.15. The Hall–Kier alpha value is -3.81. The standard InChI is InChI=1S/C21H22N4O4/c1-4-29-17-8-6-5-7-15(17)23-21(26)16-10-12-20(25-24-16)22-14-9-11-18(27-2)19(13-14)28-3/h5-13H,4H2,1-3H3,(H,22,25)(H,23,26). The van der Waals surface area contributed by atoms with Crippen molar-refractivity contribution in [2.75, 3.05) is 31.5 Å². The largest absolute Gasteiger partial charge is 0.493 e. The number of hydrogen-bond donors (Lipinski definition) is 2. The molecule has 8 heteroatoms. The molecule has 2 aromatic carbocycles. The average molecular weight is 394 g/mol. The summed E-state index contributed by atoms with van der Waals surface area (Å²) in [7, 11) is 3.14. The summed E-state index contributed by atoms with van der Waals surface area (Å²) in [6.45, 7) is 2.39. The zero-order valence-electron chi connectivity index (χ0n) is 16.4. The number of carbonyl (C=O) groups is 1. The van der Waals surface area contributed by atoms with Gasteiger partial charge in [-0.2, -0.15) is 0 Å². The minimum Gasteiger partial charge on any atom is -0.493 e. The highest BCUT2D eigenvalue weighted by atomic mass is 16.5. The smallest absolute Gasteiger partial charge is 0.276 e. The van der Waals surface area contributed by atoms with Gasteiger partial charge in [-0.3, -0.25) is 4.79 Å². The number of ether oxygens (including phenoxy) is 3. The monoisotopic (exact) mass is 394 g/mol. The van der Waals surface area contributed by atoms with Gasteiger partial charge < -0.3 is 24.8 Å². The lowest BCUT2D eigenvalue weighted by Gasteiger charge is -2.11. The van der Waals surface area contributed by atoms with E-state index in [1.165, 1.54) is 0 Å². The third-order valence-electron chi connectivity index (χ3n) is 3.99.